The molecule has 1 aliphatic carbocycles. The van der Waals surface area contributed by atoms with Gasteiger partial charge in [-0.1, -0.05) is 34.6 Å². The highest BCUT2D eigenvalue weighted by molar-refractivity contribution is 6.05. The fourth-order valence-electron chi connectivity index (χ4n) is 5.72. The topological polar surface area (TPSA) is 146 Å². The lowest BCUT2D eigenvalue weighted by Crippen LogP contribution is -2.50. The molecule has 2 heterocycles. The molecule has 0 aromatic carbocycles. The Hall–Kier alpha value is -4.08. The van der Waals surface area contributed by atoms with Crippen LogP contribution in [0.1, 0.15) is 77.5 Å². The first-order valence-electron chi connectivity index (χ1n) is 12.5. The zero-order valence-corrected chi connectivity index (χ0v) is 23.5. The van der Waals surface area contributed by atoms with E-state index in [9.17, 15) is 19.2 Å². The number of carbonyl (C=O) groups excluding carboxylic acids is 4. The van der Waals surface area contributed by atoms with Gasteiger partial charge < -0.3 is 18.9 Å². The third-order valence-corrected chi connectivity index (χ3v) is 6.62. The molecule has 0 bridgehead atoms. The number of nitrogens with one attached hydrogen (secondary N) is 1. The van der Waals surface area contributed by atoms with Gasteiger partial charge in [0.2, 0.25) is 5.88 Å². The van der Waals surface area contributed by atoms with Gasteiger partial charge in [0.15, 0.2) is 19.1 Å². The maximum Gasteiger partial charge on any atom is 0.420 e. The van der Waals surface area contributed by atoms with Crippen LogP contribution in [0, 0.1) is 30.2 Å². The molecule has 0 saturated heterocycles. The molecule has 3 rings (SSSR count). The number of ether oxygens (including phenoxy) is 4. The second kappa shape index (κ2) is 11.0. The average molecular weight is 546 g/mol. The molecule has 1 amide bonds. The number of hydrogen-bond acceptors (Lipinski definition) is 9. The maximum atomic E-state index is 13.7. The molecule has 212 valence electrons. The van der Waals surface area contributed by atoms with Crippen LogP contribution in [0.4, 0.5) is 10.5 Å². The van der Waals surface area contributed by atoms with Crippen molar-refractivity contribution in [2.24, 2.45) is 16.7 Å². The molecule has 1 fully saturated rings. The van der Waals surface area contributed by atoms with Crippen LogP contribution >= 0.6 is 0 Å². The summed E-state index contributed by atoms with van der Waals surface area (Å²) in [6.45, 7) is 20.9. The van der Waals surface area contributed by atoms with Crippen LogP contribution in [0.2, 0.25) is 0 Å². The van der Waals surface area contributed by atoms with E-state index in [1.54, 1.807) is 6.92 Å². The molecule has 0 atom stereocenters. The number of aromatic amines is 1. The van der Waals surface area contributed by atoms with Crippen molar-refractivity contribution >= 4 is 35.3 Å². The van der Waals surface area contributed by atoms with E-state index in [-0.39, 0.29) is 33.6 Å². The SMILES string of the molecule is [C-]#[N+]c1c(C(=O)OC2C(C)(C)CC(C)CC2(C)C)c2nc(C)[nH]n2c1OC(=O)N(COC(C)=O)COC(C)=O. The highest BCUT2D eigenvalue weighted by Gasteiger charge is 2.49. The van der Waals surface area contributed by atoms with Crippen molar-refractivity contribution in [1.29, 1.82) is 0 Å². The minimum absolute atomic E-state index is 0.0533. The second-order valence-corrected chi connectivity index (χ2v) is 11.3. The molecule has 0 unspecified atom stereocenters. The Morgan fingerprint density at radius 1 is 1.08 bits per heavy atom. The predicted molar refractivity (Wildman–Crippen MR) is 137 cm³/mol. The van der Waals surface area contributed by atoms with Crippen LogP contribution in [0.5, 0.6) is 5.88 Å². The molecule has 13 nitrogen and oxygen atoms in total. The fraction of sp³-hybridized carbons (Fsp3) is 0.615. The zero-order chi connectivity index (χ0) is 29.3. The Balaban J connectivity index is 2.00. The summed E-state index contributed by atoms with van der Waals surface area (Å²) in [6, 6.07) is 0. The van der Waals surface area contributed by atoms with Crippen molar-refractivity contribution < 1.29 is 38.1 Å². The number of aryl methyl sites for hydroxylation is 1. The van der Waals surface area contributed by atoms with E-state index in [0.717, 1.165) is 31.6 Å². The Morgan fingerprint density at radius 2 is 1.62 bits per heavy atom. The summed E-state index contributed by atoms with van der Waals surface area (Å²) in [7, 11) is 0. The molecule has 1 N–H and O–H groups in total. The molecule has 13 heteroatoms. The third kappa shape index (κ3) is 6.32. The number of aromatic nitrogens is 3. The lowest BCUT2D eigenvalue weighted by Gasteiger charge is -2.50. The molecule has 2 aromatic rings. The van der Waals surface area contributed by atoms with Gasteiger partial charge in [-0.3, -0.25) is 14.7 Å². The van der Waals surface area contributed by atoms with Gasteiger partial charge in [0, 0.05) is 24.7 Å². The number of rotatable bonds is 7. The Labute approximate surface area is 226 Å². The number of fused-ring (bicyclic) bond motifs is 1. The summed E-state index contributed by atoms with van der Waals surface area (Å²) in [5.41, 5.74) is -1.02. The van der Waals surface area contributed by atoms with Crippen LogP contribution in [-0.2, 0) is 23.8 Å². The highest BCUT2D eigenvalue weighted by atomic mass is 16.6. The molecular formula is C26H35N5O8. The molecule has 1 aliphatic rings. The van der Waals surface area contributed by atoms with E-state index in [1.807, 2.05) is 0 Å². The normalized spacial score (nSPS) is 19.6. The Kier molecular flexibility index (Phi) is 8.28. The predicted octanol–water partition coefficient (Wildman–Crippen LogP) is 4.37. The van der Waals surface area contributed by atoms with E-state index < -0.39 is 43.6 Å². The molecule has 0 radical (unpaired) electrons. The molecule has 39 heavy (non-hydrogen) atoms. The maximum absolute atomic E-state index is 13.7. The van der Waals surface area contributed by atoms with Gasteiger partial charge in [-0.05, 0) is 25.7 Å². The van der Waals surface area contributed by atoms with Crippen molar-refractivity contribution in [3.63, 3.8) is 0 Å². The first kappa shape index (κ1) is 29.5. The third-order valence-electron chi connectivity index (χ3n) is 6.62. The van der Waals surface area contributed by atoms with E-state index in [2.05, 4.69) is 49.5 Å². The molecule has 0 spiro atoms. The van der Waals surface area contributed by atoms with E-state index in [4.69, 9.17) is 25.5 Å². The van der Waals surface area contributed by atoms with Crippen LogP contribution in [0.25, 0.3) is 10.5 Å². The summed E-state index contributed by atoms with van der Waals surface area (Å²) in [6.07, 6.45) is 0.175. The van der Waals surface area contributed by atoms with Gasteiger partial charge >= 0.3 is 24.0 Å². The van der Waals surface area contributed by atoms with Gasteiger partial charge in [0.05, 0.1) is 6.57 Å². The largest absolute Gasteiger partial charge is 0.458 e. The lowest BCUT2D eigenvalue weighted by atomic mass is 9.59. The number of carbonyl (C=O) groups is 4. The van der Waals surface area contributed by atoms with Crippen molar-refractivity contribution in [3.05, 3.63) is 22.8 Å². The van der Waals surface area contributed by atoms with Crippen molar-refractivity contribution in [1.82, 2.24) is 19.5 Å². The van der Waals surface area contributed by atoms with Gasteiger partial charge in [-0.25, -0.2) is 28.8 Å². The minimum Gasteiger partial charge on any atom is -0.458 e. The van der Waals surface area contributed by atoms with Gasteiger partial charge in [0.25, 0.3) is 5.69 Å². The fourth-order valence-corrected chi connectivity index (χ4v) is 5.72. The zero-order valence-electron chi connectivity index (χ0n) is 23.5. The summed E-state index contributed by atoms with van der Waals surface area (Å²) in [5.74, 6) is -1.60. The Morgan fingerprint density at radius 3 is 2.10 bits per heavy atom. The smallest absolute Gasteiger partial charge is 0.420 e. The van der Waals surface area contributed by atoms with Crippen molar-refractivity contribution in [2.45, 2.75) is 74.3 Å². The number of hydrogen-bond donors (Lipinski definition) is 1. The van der Waals surface area contributed by atoms with Crippen LogP contribution in [-0.4, -0.2) is 63.1 Å². The lowest BCUT2D eigenvalue weighted by molar-refractivity contribution is -0.151. The van der Waals surface area contributed by atoms with Crippen LogP contribution in [0.3, 0.4) is 0 Å². The number of amides is 1. The standard InChI is InChI=1S/C26H35N5O8/c1-14-10-25(5,6)23(26(7,8)11-14)39-22(34)18-19(27-9)21(31-20(18)28-15(2)29-31)38-24(35)30(12-36-16(3)32)13-37-17(4)33/h14,23H,10-13H2,1-8H3,(H,28,29). The second-order valence-electron chi connectivity index (χ2n) is 11.3. The summed E-state index contributed by atoms with van der Waals surface area (Å²) in [4.78, 5) is 57.8. The van der Waals surface area contributed by atoms with Gasteiger partial charge in [0.1, 0.15) is 17.5 Å². The number of H-pyrrole nitrogens is 1. The monoisotopic (exact) mass is 545 g/mol. The Bertz CT molecular complexity index is 1300. The molecule has 0 aliphatic heterocycles. The first-order chi connectivity index (χ1) is 18.1. The number of nitrogens with zero attached hydrogens (tertiary/aromatic N) is 4. The van der Waals surface area contributed by atoms with Gasteiger partial charge in [-0.15, -0.1) is 0 Å². The molecule has 2 aromatic heterocycles. The molecule has 1 saturated carbocycles. The summed E-state index contributed by atoms with van der Waals surface area (Å²) >= 11 is 0. The number of esters is 3. The van der Waals surface area contributed by atoms with E-state index in [0.29, 0.717) is 11.7 Å². The highest BCUT2D eigenvalue weighted by Crippen LogP contribution is 2.50. The van der Waals surface area contributed by atoms with E-state index in [1.165, 1.54) is 4.52 Å². The summed E-state index contributed by atoms with van der Waals surface area (Å²) < 4.78 is 22.5. The molecular weight excluding hydrogens is 510 g/mol. The first-order valence-corrected chi connectivity index (χ1v) is 12.5. The van der Waals surface area contributed by atoms with Gasteiger partial charge in [-0.2, -0.15) is 0 Å². The van der Waals surface area contributed by atoms with E-state index >= 15 is 0 Å². The quantitative estimate of drug-likeness (QED) is 0.232. The van der Waals surface area contributed by atoms with Crippen molar-refractivity contribution in [3.8, 4) is 5.88 Å². The summed E-state index contributed by atoms with van der Waals surface area (Å²) in [5, 5.41) is 2.85. The average Bonchev–Trinajstić information content (AvgIpc) is 3.29. The minimum atomic E-state index is -1.10. The van der Waals surface area contributed by atoms with Crippen LogP contribution < -0.4 is 4.74 Å². The van der Waals surface area contributed by atoms with Crippen molar-refractivity contribution in [2.75, 3.05) is 13.5 Å². The van der Waals surface area contributed by atoms with Crippen LogP contribution in [0.15, 0.2) is 0 Å².